The number of rotatable bonds is 7. The summed E-state index contributed by atoms with van der Waals surface area (Å²) in [5, 5.41) is 22.9. The van der Waals surface area contributed by atoms with Crippen LogP contribution in [0.4, 0.5) is 0 Å². The van der Waals surface area contributed by atoms with Crippen LogP contribution in [0.1, 0.15) is 39.0 Å². The van der Waals surface area contributed by atoms with Gasteiger partial charge in [0.2, 0.25) is 11.8 Å². The summed E-state index contributed by atoms with van der Waals surface area (Å²) < 4.78 is 7.00. The van der Waals surface area contributed by atoms with Crippen molar-refractivity contribution in [3.63, 3.8) is 0 Å². The van der Waals surface area contributed by atoms with Crippen LogP contribution in [-0.2, 0) is 9.59 Å². The molecule has 0 saturated heterocycles. The Labute approximate surface area is 190 Å². The van der Waals surface area contributed by atoms with Gasteiger partial charge in [0.1, 0.15) is 18.0 Å². The van der Waals surface area contributed by atoms with Crippen LogP contribution in [0.5, 0.6) is 5.75 Å². The second-order valence-electron chi connectivity index (χ2n) is 7.81. The standard InChI is InChI=1S/C22H29IN2O5/c1-14(27)25(16-6-2-3-7-16)18-12-15(22(29)24-10-11-26)13-20(21(18)28)30-19-9-5-4-8-17(19)23/h4-5,8-9,13,16,18,20-21,26,28H,2-3,6-7,10-12H2,1H3,(H,24,29). The number of benzene rings is 1. The Bertz CT molecular complexity index is 793. The first-order valence-electron chi connectivity index (χ1n) is 10.4. The highest BCUT2D eigenvalue weighted by Gasteiger charge is 2.42. The van der Waals surface area contributed by atoms with E-state index in [1.54, 1.807) is 11.0 Å². The molecule has 0 spiro atoms. The van der Waals surface area contributed by atoms with Crippen molar-refractivity contribution in [3.05, 3.63) is 39.5 Å². The van der Waals surface area contributed by atoms with Gasteiger partial charge in [0, 0.05) is 31.5 Å². The molecule has 0 radical (unpaired) electrons. The third-order valence-electron chi connectivity index (χ3n) is 5.75. The van der Waals surface area contributed by atoms with Crippen LogP contribution in [0, 0.1) is 3.57 Å². The van der Waals surface area contributed by atoms with Gasteiger partial charge in [0.25, 0.3) is 0 Å². The number of nitrogens with zero attached hydrogens (tertiary/aromatic N) is 1. The summed E-state index contributed by atoms with van der Waals surface area (Å²) in [6.07, 6.45) is 4.08. The molecule has 2 aliphatic carbocycles. The largest absolute Gasteiger partial charge is 0.482 e. The number of halogens is 1. The Morgan fingerprint density at radius 3 is 2.60 bits per heavy atom. The van der Waals surface area contributed by atoms with E-state index in [-0.39, 0.29) is 37.4 Å². The second kappa shape index (κ2) is 10.6. The fourth-order valence-electron chi connectivity index (χ4n) is 4.38. The van der Waals surface area contributed by atoms with Gasteiger partial charge in [-0.1, -0.05) is 25.0 Å². The maximum Gasteiger partial charge on any atom is 0.247 e. The highest BCUT2D eigenvalue weighted by Crippen LogP contribution is 2.33. The number of nitrogens with one attached hydrogen (secondary N) is 1. The summed E-state index contributed by atoms with van der Waals surface area (Å²) in [5.41, 5.74) is 0.457. The number of aliphatic hydroxyl groups is 2. The first-order valence-corrected chi connectivity index (χ1v) is 11.5. The van der Waals surface area contributed by atoms with Crippen LogP contribution in [0.15, 0.2) is 35.9 Å². The van der Waals surface area contributed by atoms with Gasteiger partial charge < -0.3 is 25.2 Å². The van der Waals surface area contributed by atoms with Crippen molar-refractivity contribution in [3.8, 4) is 5.75 Å². The molecule has 2 aliphatic rings. The lowest BCUT2D eigenvalue weighted by atomic mass is 9.87. The molecule has 0 bridgehead atoms. The lowest BCUT2D eigenvalue weighted by molar-refractivity contribution is -0.139. The minimum atomic E-state index is -0.958. The van der Waals surface area contributed by atoms with Gasteiger partial charge in [-0.05, 0) is 53.6 Å². The van der Waals surface area contributed by atoms with Gasteiger partial charge in [0.15, 0.2) is 0 Å². The second-order valence-corrected chi connectivity index (χ2v) is 8.97. The quantitative estimate of drug-likeness (QED) is 0.471. The summed E-state index contributed by atoms with van der Waals surface area (Å²) in [4.78, 5) is 27.0. The summed E-state index contributed by atoms with van der Waals surface area (Å²) >= 11 is 2.16. The zero-order valence-corrected chi connectivity index (χ0v) is 19.2. The van der Waals surface area contributed by atoms with E-state index in [2.05, 4.69) is 27.9 Å². The van der Waals surface area contributed by atoms with Crippen molar-refractivity contribution in [1.29, 1.82) is 0 Å². The van der Waals surface area contributed by atoms with Gasteiger partial charge >= 0.3 is 0 Å². The van der Waals surface area contributed by atoms with Crippen LogP contribution in [0.3, 0.4) is 0 Å². The molecule has 1 fully saturated rings. The molecule has 1 aromatic carbocycles. The maximum atomic E-state index is 12.7. The maximum absolute atomic E-state index is 12.7. The average molecular weight is 528 g/mol. The van der Waals surface area contributed by atoms with Crippen molar-refractivity contribution in [2.24, 2.45) is 0 Å². The minimum absolute atomic E-state index is 0.0690. The smallest absolute Gasteiger partial charge is 0.247 e. The topological polar surface area (TPSA) is 99.1 Å². The van der Waals surface area contributed by atoms with E-state index in [1.807, 2.05) is 24.3 Å². The molecular formula is C22H29IN2O5. The van der Waals surface area contributed by atoms with Crippen molar-refractivity contribution < 1.29 is 24.5 Å². The van der Waals surface area contributed by atoms with Crippen LogP contribution < -0.4 is 10.1 Å². The molecule has 2 amide bonds. The molecule has 3 unspecified atom stereocenters. The predicted molar refractivity (Wildman–Crippen MR) is 121 cm³/mol. The van der Waals surface area contributed by atoms with Crippen LogP contribution >= 0.6 is 22.6 Å². The third kappa shape index (κ3) is 5.33. The molecule has 0 heterocycles. The molecule has 0 aromatic heterocycles. The molecule has 3 N–H and O–H groups in total. The summed E-state index contributed by atoms with van der Waals surface area (Å²) in [6, 6.07) is 6.99. The van der Waals surface area contributed by atoms with Gasteiger partial charge in [0.05, 0.1) is 16.2 Å². The molecule has 7 nitrogen and oxygen atoms in total. The molecule has 1 saturated carbocycles. The lowest BCUT2D eigenvalue weighted by Gasteiger charge is -2.43. The number of hydrogen-bond acceptors (Lipinski definition) is 5. The van der Waals surface area contributed by atoms with Crippen molar-refractivity contribution in [2.45, 2.75) is 63.3 Å². The molecule has 30 heavy (non-hydrogen) atoms. The van der Waals surface area contributed by atoms with E-state index in [1.165, 1.54) is 6.92 Å². The Morgan fingerprint density at radius 1 is 1.27 bits per heavy atom. The summed E-state index contributed by atoms with van der Waals surface area (Å²) in [7, 11) is 0. The van der Waals surface area contributed by atoms with Gasteiger partial charge in [-0.2, -0.15) is 0 Å². The highest BCUT2D eigenvalue weighted by molar-refractivity contribution is 14.1. The predicted octanol–water partition coefficient (Wildman–Crippen LogP) is 2.00. The number of para-hydroxylation sites is 1. The number of ether oxygens (including phenoxy) is 1. The number of carbonyl (C=O) groups is 2. The molecule has 164 valence electrons. The van der Waals surface area contributed by atoms with E-state index in [0.29, 0.717) is 11.3 Å². The summed E-state index contributed by atoms with van der Waals surface area (Å²) in [5.74, 6) is 0.202. The minimum Gasteiger partial charge on any atom is -0.482 e. The van der Waals surface area contributed by atoms with E-state index in [9.17, 15) is 14.7 Å². The first-order chi connectivity index (χ1) is 14.4. The zero-order chi connectivity index (χ0) is 21.7. The number of amides is 2. The van der Waals surface area contributed by atoms with Crippen LogP contribution in [-0.4, -0.2) is 64.4 Å². The van der Waals surface area contributed by atoms with Gasteiger partial charge in [-0.3, -0.25) is 9.59 Å². The Kier molecular flexibility index (Phi) is 8.13. The first kappa shape index (κ1) is 23.0. The SMILES string of the molecule is CC(=O)N(C1CCCC1)C1CC(C(=O)NCCO)=CC(Oc2ccccc2I)C1O. The molecule has 1 aromatic rings. The Hall–Kier alpha value is -1.65. The number of aliphatic hydroxyl groups excluding tert-OH is 2. The third-order valence-corrected chi connectivity index (χ3v) is 6.64. The van der Waals surface area contributed by atoms with Crippen molar-refractivity contribution >= 4 is 34.4 Å². The van der Waals surface area contributed by atoms with E-state index in [0.717, 1.165) is 29.3 Å². The fraction of sp³-hybridized carbons (Fsp3) is 0.545. The average Bonchev–Trinajstić information content (AvgIpc) is 3.24. The van der Waals surface area contributed by atoms with E-state index >= 15 is 0 Å². The zero-order valence-electron chi connectivity index (χ0n) is 17.1. The fourth-order valence-corrected chi connectivity index (χ4v) is 4.89. The molecule has 3 atom stereocenters. The van der Waals surface area contributed by atoms with Crippen molar-refractivity contribution in [2.75, 3.05) is 13.2 Å². The monoisotopic (exact) mass is 528 g/mol. The van der Waals surface area contributed by atoms with E-state index < -0.39 is 18.2 Å². The highest BCUT2D eigenvalue weighted by atomic mass is 127. The van der Waals surface area contributed by atoms with Gasteiger partial charge in [-0.15, -0.1) is 0 Å². The molecular weight excluding hydrogens is 499 g/mol. The molecule has 3 rings (SSSR count). The van der Waals surface area contributed by atoms with Crippen molar-refractivity contribution in [1.82, 2.24) is 10.2 Å². The normalized spacial score (nSPS) is 24.3. The van der Waals surface area contributed by atoms with Gasteiger partial charge in [-0.25, -0.2) is 0 Å². The van der Waals surface area contributed by atoms with Crippen LogP contribution in [0.25, 0.3) is 0 Å². The molecule has 8 heteroatoms. The number of hydrogen-bond donors (Lipinski definition) is 3. The summed E-state index contributed by atoms with van der Waals surface area (Å²) in [6.45, 7) is 1.50. The molecule has 0 aliphatic heterocycles. The lowest BCUT2D eigenvalue weighted by Crippen LogP contribution is -2.57. The Morgan fingerprint density at radius 2 is 1.97 bits per heavy atom. The number of carbonyl (C=O) groups excluding carboxylic acids is 2. The van der Waals surface area contributed by atoms with E-state index in [4.69, 9.17) is 9.84 Å². The van der Waals surface area contributed by atoms with Crippen LogP contribution in [0.2, 0.25) is 0 Å². The Balaban J connectivity index is 1.91.